The van der Waals surface area contributed by atoms with Crippen LogP contribution in [-0.2, 0) is 35.5 Å². The molecule has 6 nitrogen and oxygen atoms in total. The summed E-state index contributed by atoms with van der Waals surface area (Å²) in [6, 6.07) is 11.8. The molecule has 0 spiro atoms. The van der Waals surface area contributed by atoms with Crippen LogP contribution in [0.15, 0.2) is 42.6 Å². The number of rotatable bonds is 6. The van der Waals surface area contributed by atoms with Crippen LogP contribution in [0, 0.1) is 0 Å². The number of aryl methyl sites for hydroxylation is 2. The second-order valence-corrected chi connectivity index (χ2v) is 7.55. The average molecular weight is 378 g/mol. The van der Waals surface area contributed by atoms with Crippen LogP contribution in [0.5, 0.6) is 0 Å². The van der Waals surface area contributed by atoms with Crippen molar-refractivity contribution in [3.63, 3.8) is 0 Å². The third-order valence-corrected chi connectivity index (χ3v) is 5.51. The van der Waals surface area contributed by atoms with Gasteiger partial charge in [-0.3, -0.25) is 19.5 Å². The molecule has 1 aliphatic heterocycles. The second-order valence-electron chi connectivity index (χ2n) is 7.55. The van der Waals surface area contributed by atoms with Gasteiger partial charge in [0.15, 0.2) is 0 Å². The van der Waals surface area contributed by atoms with Crippen LogP contribution in [0.1, 0.15) is 35.2 Å². The molecule has 0 radical (unpaired) electrons. The Balaban J connectivity index is 1.35. The Kier molecular flexibility index (Phi) is 5.67. The van der Waals surface area contributed by atoms with E-state index in [4.69, 9.17) is 0 Å². The number of fused-ring (bicyclic) bond motifs is 1. The van der Waals surface area contributed by atoms with Crippen molar-refractivity contribution in [3.05, 3.63) is 65.0 Å². The summed E-state index contributed by atoms with van der Waals surface area (Å²) < 4.78 is 0. The minimum Gasteiger partial charge on any atom is -0.353 e. The van der Waals surface area contributed by atoms with Gasteiger partial charge in [-0.05, 0) is 36.0 Å². The predicted octanol–water partition coefficient (Wildman–Crippen LogP) is 1.58. The number of nitrogens with zero attached hydrogens (tertiary/aromatic N) is 2. The standard InChI is InChI=1S/C22H26N4O2/c27-21(25-14-17-11-18-7-4-8-19(18)24-13-17)12-20-22(28)23-9-10-26(20)15-16-5-2-1-3-6-16/h1-3,5-6,11,13,20H,4,7-10,12,14-15H2,(H,23,28)(H,25,27)/t20-/m1/s1. The molecule has 1 atom stereocenters. The third kappa shape index (κ3) is 4.39. The average Bonchev–Trinajstić information content (AvgIpc) is 3.18. The number of carbonyl (C=O) groups excluding carboxylic acids is 2. The quantitative estimate of drug-likeness (QED) is 0.800. The van der Waals surface area contributed by atoms with Gasteiger partial charge in [0, 0.05) is 38.1 Å². The topological polar surface area (TPSA) is 74.3 Å². The maximum Gasteiger partial charge on any atom is 0.237 e. The van der Waals surface area contributed by atoms with Crippen molar-refractivity contribution in [3.8, 4) is 0 Å². The van der Waals surface area contributed by atoms with Gasteiger partial charge in [-0.15, -0.1) is 0 Å². The van der Waals surface area contributed by atoms with Crippen LogP contribution in [-0.4, -0.2) is 40.8 Å². The summed E-state index contributed by atoms with van der Waals surface area (Å²) >= 11 is 0. The molecule has 1 aromatic heterocycles. The van der Waals surface area contributed by atoms with Crippen molar-refractivity contribution in [2.45, 2.75) is 44.8 Å². The summed E-state index contributed by atoms with van der Waals surface area (Å²) in [5.41, 5.74) is 4.65. The monoisotopic (exact) mass is 378 g/mol. The third-order valence-electron chi connectivity index (χ3n) is 5.51. The van der Waals surface area contributed by atoms with Crippen molar-refractivity contribution >= 4 is 11.8 Å². The fourth-order valence-electron chi connectivity index (χ4n) is 4.01. The highest BCUT2D eigenvalue weighted by Gasteiger charge is 2.31. The van der Waals surface area contributed by atoms with Gasteiger partial charge in [0.05, 0.1) is 12.5 Å². The summed E-state index contributed by atoms with van der Waals surface area (Å²) in [6.07, 6.45) is 5.29. The predicted molar refractivity (Wildman–Crippen MR) is 106 cm³/mol. The van der Waals surface area contributed by atoms with E-state index in [0.29, 0.717) is 19.6 Å². The Morgan fingerprint density at radius 1 is 1.21 bits per heavy atom. The Bertz CT molecular complexity index is 853. The summed E-state index contributed by atoms with van der Waals surface area (Å²) in [4.78, 5) is 31.5. The maximum absolute atomic E-state index is 12.5. The van der Waals surface area contributed by atoms with Crippen molar-refractivity contribution in [1.82, 2.24) is 20.5 Å². The van der Waals surface area contributed by atoms with Gasteiger partial charge < -0.3 is 10.6 Å². The van der Waals surface area contributed by atoms with Crippen molar-refractivity contribution in [2.75, 3.05) is 13.1 Å². The number of benzene rings is 1. The highest BCUT2D eigenvalue weighted by Crippen LogP contribution is 2.20. The van der Waals surface area contributed by atoms with E-state index in [-0.39, 0.29) is 18.2 Å². The van der Waals surface area contributed by atoms with Crippen molar-refractivity contribution in [1.29, 1.82) is 0 Å². The van der Waals surface area contributed by atoms with Gasteiger partial charge in [0.2, 0.25) is 11.8 Å². The number of hydrogen-bond donors (Lipinski definition) is 2. The maximum atomic E-state index is 12.5. The zero-order chi connectivity index (χ0) is 19.3. The largest absolute Gasteiger partial charge is 0.353 e. The van der Waals surface area contributed by atoms with Crippen LogP contribution < -0.4 is 10.6 Å². The fraction of sp³-hybridized carbons (Fsp3) is 0.409. The van der Waals surface area contributed by atoms with Crippen LogP contribution in [0.2, 0.25) is 0 Å². The first-order chi connectivity index (χ1) is 13.7. The lowest BCUT2D eigenvalue weighted by Gasteiger charge is -2.34. The molecule has 0 saturated carbocycles. The van der Waals surface area contributed by atoms with E-state index in [1.807, 2.05) is 36.5 Å². The number of aromatic nitrogens is 1. The lowest BCUT2D eigenvalue weighted by Crippen LogP contribution is -2.56. The molecule has 2 aromatic rings. The number of carbonyl (C=O) groups is 2. The van der Waals surface area contributed by atoms with E-state index in [9.17, 15) is 9.59 Å². The van der Waals surface area contributed by atoms with E-state index in [1.165, 1.54) is 11.3 Å². The highest BCUT2D eigenvalue weighted by molar-refractivity contribution is 5.88. The summed E-state index contributed by atoms with van der Waals surface area (Å²) in [6.45, 7) is 2.48. The molecular formula is C22H26N4O2. The first kappa shape index (κ1) is 18.6. The molecule has 2 heterocycles. The summed E-state index contributed by atoms with van der Waals surface area (Å²) in [5, 5.41) is 5.84. The number of hydrogen-bond acceptors (Lipinski definition) is 4. The smallest absolute Gasteiger partial charge is 0.237 e. The molecule has 2 N–H and O–H groups in total. The molecule has 28 heavy (non-hydrogen) atoms. The molecule has 1 aliphatic carbocycles. The van der Waals surface area contributed by atoms with E-state index in [0.717, 1.165) is 36.9 Å². The summed E-state index contributed by atoms with van der Waals surface area (Å²) in [5.74, 6) is -0.183. The van der Waals surface area contributed by atoms with Gasteiger partial charge in [0.1, 0.15) is 0 Å². The molecule has 6 heteroatoms. The van der Waals surface area contributed by atoms with Gasteiger partial charge in [-0.25, -0.2) is 0 Å². The second kappa shape index (κ2) is 8.52. The molecule has 1 fully saturated rings. The van der Waals surface area contributed by atoms with Crippen molar-refractivity contribution < 1.29 is 9.59 Å². The lowest BCUT2D eigenvalue weighted by atomic mass is 10.1. The Morgan fingerprint density at radius 3 is 2.93 bits per heavy atom. The summed E-state index contributed by atoms with van der Waals surface area (Å²) in [7, 11) is 0. The van der Waals surface area contributed by atoms with Crippen LogP contribution in [0.25, 0.3) is 0 Å². The molecule has 1 aromatic carbocycles. The molecule has 0 unspecified atom stereocenters. The minimum absolute atomic E-state index is 0.0727. The highest BCUT2D eigenvalue weighted by atomic mass is 16.2. The SMILES string of the molecule is O=C(C[C@@H]1C(=O)NCCN1Cc1ccccc1)NCc1cnc2c(c1)CCC2. The Hall–Kier alpha value is -2.73. The van der Waals surface area contributed by atoms with Crippen molar-refractivity contribution in [2.24, 2.45) is 0 Å². The van der Waals surface area contributed by atoms with E-state index in [1.54, 1.807) is 0 Å². The van der Waals surface area contributed by atoms with Gasteiger partial charge >= 0.3 is 0 Å². The van der Waals surface area contributed by atoms with Crippen LogP contribution in [0.3, 0.4) is 0 Å². The van der Waals surface area contributed by atoms with E-state index < -0.39 is 6.04 Å². The van der Waals surface area contributed by atoms with Crippen LogP contribution in [0.4, 0.5) is 0 Å². The Labute approximate surface area is 165 Å². The lowest BCUT2D eigenvalue weighted by molar-refractivity contribution is -0.134. The van der Waals surface area contributed by atoms with Crippen LogP contribution >= 0.6 is 0 Å². The molecule has 4 rings (SSSR count). The number of piperazine rings is 1. The molecule has 146 valence electrons. The Morgan fingerprint density at radius 2 is 2.07 bits per heavy atom. The van der Waals surface area contributed by atoms with E-state index in [2.05, 4.69) is 26.6 Å². The molecule has 0 bridgehead atoms. The fourth-order valence-corrected chi connectivity index (χ4v) is 4.01. The number of nitrogens with one attached hydrogen (secondary N) is 2. The molecular weight excluding hydrogens is 352 g/mol. The zero-order valence-corrected chi connectivity index (χ0v) is 16.0. The van der Waals surface area contributed by atoms with Gasteiger partial charge in [-0.1, -0.05) is 36.4 Å². The molecule has 2 aliphatic rings. The minimum atomic E-state index is -0.438. The normalized spacial score (nSPS) is 19.1. The zero-order valence-electron chi connectivity index (χ0n) is 16.0. The number of amides is 2. The van der Waals surface area contributed by atoms with E-state index >= 15 is 0 Å². The number of pyridine rings is 1. The first-order valence-electron chi connectivity index (χ1n) is 9.98. The molecule has 2 amide bonds. The van der Waals surface area contributed by atoms with Gasteiger partial charge in [0.25, 0.3) is 0 Å². The molecule has 1 saturated heterocycles. The van der Waals surface area contributed by atoms with Gasteiger partial charge in [-0.2, -0.15) is 0 Å². The first-order valence-corrected chi connectivity index (χ1v) is 9.98.